The van der Waals surface area contributed by atoms with E-state index >= 15 is 0 Å². The number of carbonyl (C=O) groups is 1. The van der Waals surface area contributed by atoms with Gasteiger partial charge >= 0.3 is 5.91 Å². The fourth-order valence-electron chi connectivity index (χ4n) is 2.15. The molecular weight excluding hydrogens is 311 g/mol. The summed E-state index contributed by atoms with van der Waals surface area (Å²) in [4.78, 5) is 12.0. The number of nitrogens with one attached hydrogen (secondary N) is 2. The van der Waals surface area contributed by atoms with Gasteiger partial charge in [-0.3, -0.25) is 14.8 Å². The molecule has 2 N–H and O–H groups in total. The molecular formula is C17H15N2O3P. The Morgan fingerprint density at radius 2 is 1.39 bits per heavy atom. The lowest BCUT2D eigenvalue weighted by molar-refractivity contribution is 0.0917. The minimum atomic E-state index is -3.20. The number of hydrogen-bond acceptors (Lipinski definition) is 3. The highest BCUT2D eigenvalue weighted by Crippen LogP contribution is 2.37. The average Bonchev–Trinajstić information content (AvgIpc) is 3.16. The molecule has 1 heterocycles. The molecule has 0 saturated heterocycles. The molecule has 0 aliphatic heterocycles. The molecule has 3 aromatic rings. The number of benzene rings is 2. The maximum absolute atomic E-state index is 13.5. The molecule has 23 heavy (non-hydrogen) atoms. The molecule has 3 rings (SSSR count). The average molecular weight is 326 g/mol. The largest absolute Gasteiger partial charge is 0.459 e. The summed E-state index contributed by atoms with van der Waals surface area (Å²) in [5.41, 5.74) is 2.48. The summed E-state index contributed by atoms with van der Waals surface area (Å²) < 4.78 is 18.6. The highest BCUT2D eigenvalue weighted by molar-refractivity contribution is 7.76. The summed E-state index contributed by atoms with van der Waals surface area (Å²) in [6.07, 6.45) is 1.41. The zero-order chi connectivity index (χ0) is 16.1. The molecule has 0 radical (unpaired) electrons. The van der Waals surface area contributed by atoms with Crippen LogP contribution >= 0.6 is 7.29 Å². The number of amides is 1. The van der Waals surface area contributed by atoms with Gasteiger partial charge in [-0.15, -0.1) is 0 Å². The molecule has 116 valence electrons. The van der Waals surface area contributed by atoms with Crippen molar-refractivity contribution in [1.82, 2.24) is 10.6 Å². The lowest BCUT2D eigenvalue weighted by Crippen LogP contribution is -2.40. The maximum atomic E-state index is 13.5. The Morgan fingerprint density at radius 1 is 0.826 bits per heavy atom. The molecule has 0 saturated carbocycles. The van der Waals surface area contributed by atoms with Crippen LogP contribution in [-0.2, 0) is 4.57 Å². The van der Waals surface area contributed by atoms with Gasteiger partial charge < -0.3 is 4.42 Å². The zero-order valence-electron chi connectivity index (χ0n) is 12.2. The normalized spacial score (nSPS) is 11.1. The highest BCUT2D eigenvalue weighted by Gasteiger charge is 2.27. The van der Waals surface area contributed by atoms with E-state index in [1.807, 2.05) is 12.1 Å². The van der Waals surface area contributed by atoms with Crippen LogP contribution in [0.4, 0.5) is 0 Å². The Kier molecular flexibility index (Phi) is 4.42. The second-order valence-corrected chi connectivity index (χ2v) is 7.30. The first-order valence-corrected chi connectivity index (χ1v) is 8.73. The smallest absolute Gasteiger partial charge is 0.301 e. The van der Waals surface area contributed by atoms with E-state index in [2.05, 4.69) is 10.6 Å². The quantitative estimate of drug-likeness (QED) is 0.558. The Bertz CT molecular complexity index is 774. The molecule has 0 atom stereocenters. The SMILES string of the molecule is O=C(NNP(=O)(c1ccccc1)c1ccccc1)c1ccco1. The fraction of sp³-hybridized carbons (Fsp3) is 0. The lowest BCUT2D eigenvalue weighted by atomic mass is 10.4. The third-order valence-electron chi connectivity index (χ3n) is 3.31. The minimum Gasteiger partial charge on any atom is -0.459 e. The van der Waals surface area contributed by atoms with E-state index in [0.29, 0.717) is 10.6 Å². The van der Waals surface area contributed by atoms with Gasteiger partial charge in [0.05, 0.1) is 6.26 Å². The molecule has 0 bridgehead atoms. The van der Waals surface area contributed by atoms with Gasteiger partial charge in [0.2, 0.25) is 7.29 Å². The number of furan rings is 1. The van der Waals surface area contributed by atoms with Crippen molar-refractivity contribution in [3.8, 4) is 0 Å². The van der Waals surface area contributed by atoms with Crippen LogP contribution in [0, 0.1) is 0 Å². The summed E-state index contributed by atoms with van der Waals surface area (Å²) in [5, 5.41) is 3.92. The van der Waals surface area contributed by atoms with E-state index in [1.54, 1.807) is 54.6 Å². The van der Waals surface area contributed by atoms with Gasteiger partial charge in [-0.25, -0.2) is 0 Å². The fourth-order valence-corrected chi connectivity index (χ4v) is 4.15. The molecule has 0 spiro atoms. The summed E-state index contributed by atoms with van der Waals surface area (Å²) >= 11 is 0. The van der Waals surface area contributed by atoms with Crippen LogP contribution in [0.1, 0.15) is 10.6 Å². The summed E-state index contributed by atoms with van der Waals surface area (Å²) in [6, 6.07) is 21.1. The van der Waals surface area contributed by atoms with Crippen LogP contribution in [0.3, 0.4) is 0 Å². The van der Waals surface area contributed by atoms with Crippen LogP contribution in [0.2, 0.25) is 0 Å². The van der Waals surface area contributed by atoms with E-state index in [9.17, 15) is 9.36 Å². The predicted molar refractivity (Wildman–Crippen MR) is 89.1 cm³/mol. The van der Waals surface area contributed by atoms with Gasteiger partial charge in [0.15, 0.2) is 5.76 Å². The van der Waals surface area contributed by atoms with Crippen LogP contribution < -0.4 is 21.2 Å². The Morgan fingerprint density at radius 3 is 1.87 bits per heavy atom. The standard InChI is InChI=1S/C17H15N2O3P/c20-17(16-12-7-13-22-16)18-19-23(21,14-8-3-1-4-9-14)15-10-5-2-6-11-15/h1-13H,(H,18,20)(H,19,21). The number of hydrogen-bond donors (Lipinski definition) is 2. The van der Waals surface area contributed by atoms with Crippen molar-refractivity contribution in [3.05, 3.63) is 84.8 Å². The van der Waals surface area contributed by atoms with Crippen molar-refractivity contribution in [3.63, 3.8) is 0 Å². The molecule has 5 nitrogen and oxygen atoms in total. The van der Waals surface area contributed by atoms with Crippen LogP contribution in [0.15, 0.2) is 83.5 Å². The van der Waals surface area contributed by atoms with Crippen LogP contribution in [0.25, 0.3) is 0 Å². The van der Waals surface area contributed by atoms with Crippen molar-refractivity contribution in [2.75, 3.05) is 0 Å². The van der Waals surface area contributed by atoms with Gasteiger partial charge in [-0.1, -0.05) is 36.4 Å². The van der Waals surface area contributed by atoms with Crippen LogP contribution in [-0.4, -0.2) is 5.91 Å². The van der Waals surface area contributed by atoms with Crippen molar-refractivity contribution < 1.29 is 13.8 Å². The Balaban J connectivity index is 1.91. The van der Waals surface area contributed by atoms with Gasteiger partial charge in [0, 0.05) is 10.6 Å². The Labute approximate surface area is 133 Å². The summed E-state index contributed by atoms with van der Waals surface area (Å²) in [5.74, 6) is -0.340. The van der Waals surface area contributed by atoms with Crippen molar-refractivity contribution in [2.45, 2.75) is 0 Å². The zero-order valence-corrected chi connectivity index (χ0v) is 13.1. The molecule has 0 aliphatic carbocycles. The predicted octanol–water partition coefficient (Wildman–Crippen LogP) is 2.44. The minimum absolute atomic E-state index is 0.144. The first kappa shape index (κ1) is 15.3. The summed E-state index contributed by atoms with van der Waals surface area (Å²) in [6.45, 7) is 0. The molecule has 1 aromatic heterocycles. The van der Waals surface area contributed by atoms with Gasteiger partial charge in [-0.05, 0) is 36.4 Å². The van der Waals surface area contributed by atoms with Crippen molar-refractivity contribution >= 4 is 23.8 Å². The van der Waals surface area contributed by atoms with Crippen molar-refractivity contribution in [2.24, 2.45) is 0 Å². The van der Waals surface area contributed by atoms with E-state index in [4.69, 9.17) is 4.42 Å². The molecule has 0 unspecified atom stereocenters. The second kappa shape index (κ2) is 6.65. The summed E-state index contributed by atoms with van der Waals surface area (Å²) in [7, 11) is -3.20. The first-order valence-electron chi connectivity index (χ1n) is 7.02. The third kappa shape index (κ3) is 3.26. The molecule has 1 amide bonds. The van der Waals surface area contributed by atoms with E-state index in [1.165, 1.54) is 12.3 Å². The highest BCUT2D eigenvalue weighted by atomic mass is 31.2. The first-order chi connectivity index (χ1) is 11.2. The number of carbonyl (C=O) groups excluding carboxylic acids is 1. The maximum Gasteiger partial charge on any atom is 0.301 e. The molecule has 0 aliphatic rings. The van der Waals surface area contributed by atoms with E-state index in [-0.39, 0.29) is 5.76 Å². The Hall–Kier alpha value is -2.62. The monoisotopic (exact) mass is 326 g/mol. The number of rotatable bonds is 5. The van der Waals surface area contributed by atoms with E-state index in [0.717, 1.165) is 0 Å². The van der Waals surface area contributed by atoms with Gasteiger partial charge in [0.1, 0.15) is 0 Å². The topological polar surface area (TPSA) is 71.3 Å². The number of hydrazine groups is 1. The van der Waals surface area contributed by atoms with Crippen molar-refractivity contribution in [1.29, 1.82) is 0 Å². The molecule has 2 aromatic carbocycles. The third-order valence-corrected chi connectivity index (χ3v) is 5.79. The molecule has 6 heteroatoms. The van der Waals surface area contributed by atoms with Crippen LogP contribution in [0.5, 0.6) is 0 Å². The lowest BCUT2D eigenvalue weighted by Gasteiger charge is -2.20. The van der Waals surface area contributed by atoms with E-state index < -0.39 is 13.2 Å². The van der Waals surface area contributed by atoms with Gasteiger partial charge in [-0.2, -0.15) is 5.20 Å². The second-order valence-electron chi connectivity index (χ2n) is 4.82. The molecule has 0 fully saturated rings. The van der Waals surface area contributed by atoms with Gasteiger partial charge in [0.25, 0.3) is 0 Å².